The first-order valence-corrected chi connectivity index (χ1v) is 8.26. The molecule has 1 aliphatic carbocycles. The number of benzene rings is 1. The highest BCUT2D eigenvalue weighted by Gasteiger charge is 2.55. The first-order chi connectivity index (χ1) is 12.9. The fraction of sp³-hybridized carbons (Fsp3) is 0.316. The second-order valence-electron chi connectivity index (χ2n) is 6.71. The molecule has 0 fully saturated rings. The van der Waals surface area contributed by atoms with Crippen LogP contribution in [0.3, 0.4) is 0 Å². The SMILES string of the molecule is CN1CC=C2C(C#N)=C(N)C(C#N)(C#N)[C@H](c3ccccc3[N+](=O)[O-])[C@H]2C1. The van der Waals surface area contributed by atoms with Crippen LogP contribution in [0.4, 0.5) is 5.69 Å². The van der Waals surface area contributed by atoms with Gasteiger partial charge in [0.1, 0.15) is 6.07 Å². The van der Waals surface area contributed by atoms with Crippen LogP contribution in [-0.2, 0) is 0 Å². The van der Waals surface area contributed by atoms with Crippen LogP contribution in [0.2, 0.25) is 0 Å². The second kappa shape index (κ2) is 6.57. The number of nitro benzene ring substituents is 1. The predicted molar refractivity (Wildman–Crippen MR) is 95.4 cm³/mol. The quantitative estimate of drug-likeness (QED) is 0.627. The van der Waals surface area contributed by atoms with Gasteiger partial charge >= 0.3 is 0 Å². The van der Waals surface area contributed by atoms with Crippen LogP contribution in [0, 0.1) is 55.4 Å². The Balaban J connectivity index is 2.40. The molecule has 134 valence electrons. The van der Waals surface area contributed by atoms with Crippen molar-refractivity contribution >= 4 is 5.69 Å². The topological polar surface area (TPSA) is 144 Å². The minimum atomic E-state index is -1.86. The minimum Gasteiger partial charge on any atom is -0.399 e. The van der Waals surface area contributed by atoms with Crippen LogP contribution in [-0.4, -0.2) is 30.0 Å². The number of nitriles is 3. The Kier molecular flexibility index (Phi) is 4.41. The third-order valence-corrected chi connectivity index (χ3v) is 5.32. The van der Waals surface area contributed by atoms with E-state index in [1.54, 1.807) is 12.1 Å². The molecule has 0 aromatic heterocycles. The third kappa shape index (κ3) is 2.54. The van der Waals surface area contributed by atoms with E-state index in [0.29, 0.717) is 18.7 Å². The van der Waals surface area contributed by atoms with E-state index < -0.39 is 22.2 Å². The molecule has 0 spiro atoms. The highest BCUT2D eigenvalue weighted by Crippen LogP contribution is 2.55. The first kappa shape index (κ1) is 18.1. The van der Waals surface area contributed by atoms with Crippen molar-refractivity contribution in [2.75, 3.05) is 20.1 Å². The molecule has 0 amide bonds. The zero-order valence-corrected chi connectivity index (χ0v) is 14.6. The van der Waals surface area contributed by atoms with Gasteiger partial charge in [-0.3, -0.25) is 10.1 Å². The maximum Gasteiger partial charge on any atom is 0.272 e. The van der Waals surface area contributed by atoms with Crippen molar-refractivity contribution in [1.82, 2.24) is 4.90 Å². The van der Waals surface area contributed by atoms with Gasteiger partial charge in [0.25, 0.3) is 5.69 Å². The molecule has 3 rings (SSSR count). The lowest BCUT2D eigenvalue weighted by Crippen LogP contribution is -2.47. The van der Waals surface area contributed by atoms with E-state index in [1.165, 1.54) is 12.1 Å². The highest BCUT2D eigenvalue weighted by atomic mass is 16.6. The number of allylic oxidation sites excluding steroid dienone is 2. The minimum absolute atomic E-state index is 0.131. The average Bonchev–Trinajstić information content (AvgIpc) is 2.67. The summed E-state index contributed by atoms with van der Waals surface area (Å²) in [6, 6.07) is 12.1. The number of para-hydroxylation sites is 1. The number of nitro groups is 1. The van der Waals surface area contributed by atoms with Crippen molar-refractivity contribution < 1.29 is 4.92 Å². The number of likely N-dealkylation sites (N-methyl/N-ethyl adjacent to an activating group) is 1. The summed E-state index contributed by atoms with van der Waals surface area (Å²) in [5.41, 5.74) is 5.06. The van der Waals surface area contributed by atoms with E-state index in [9.17, 15) is 25.9 Å². The Morgan fingerprint density at radius 1 is 1.30 bits per heavy atom. The summed E-state index contributed by atoms with van der Waals surface area (Å²) in [5.74, 6) is -1.30. The van der Waals surface area contributed by atoms with Gasteiger partial charge in [-0.15, -0.1) is 0 Å². The van der Waals surface area contributed by atoms with Gasteiger partial charge in [-0.1, -0.05) is 24.3 Å². The van der Waals surface area contributed by atoms with E-state index in [-0.39, 0.29) is 22.5 Å². The predicted octanol–water partition coefficient (Wildman–Crippen LogP) is 1.95. The maximum absolute atomic E-state index is 11.6. The van der Waals surface area contributed by atoms with Crippen molar-refractivity contribution in [3.8, 4) is 18.2 Å². The second-order valence-corrected chi connectivity index (χ2v) is 6.71. The molecule has 0 saturated heterocycles. The first-order valence-electron chi connectivity index (χ1n) is 8.26. The van der Waals surface area contributed by atoms with Gasteiger partial charge in [-0.2, -0.15) is 15.8 Å². The lowest BCUT2D eigenvalue weighted by molar-refractivity contribution is -0.385. The number of nitrogens with two attached hydrogens (primary N) is 1. The number of fused-ring (bicyclic) bond motifs is 1. The molecule has 0 radical (unpaired) electrons. The van der Waals surface area contributed by atoms with Crippen molar-refractivity contribution in [3.63, 3.8) is 0 Å². The van der Waals surface area contributed by atoms with Gasteiger partial charge in [0.05, 0.1) is 28.3 Å². The molecular formula is C19H16N6O2. The summed E-state index contributed by atoms with van der Waals surface area (Å²) >= 11 is 0. The van der Waals surface area contributed by atoms with Crippen LogP contribution in [0.5, 0.6) is 0 Å². The fourth-order valence-corrected chi connectivity index (χ4v) is 4.08. The average molecular weight is 360 g/mol. The lowest BCUT2D eigenvalue weighted by Gasteiger charge is -2.44. The normalized spacial score (nSPS) is 24.0. The molecule has 2 aliphatic rings. The van der Waals surface area contributed by atoms with E-state index in [2.05, 4.69) is 0 Å². The molecule has 1 aliphatic heterocycles. The Bertz CT molecular complexity index is 990. The monoisotopic (exact) mass is 360 g/mol. The summed E-state index contributed by atoms with van der Waals surface area (Å²) in [4.78, 5) is 13.1. The van der Waals surface area contributed by atoms with Gasteiger partial charge in [-0.25, -0.2) is 0 Å². The summed E-state index contributed by atoms with van der Waals surface area (Å²) in [5, 5.41) is 41.1. The number of hydrogen-bond donors (Lipinski definition) is 1. The molecule has 2 atom stereocenters. The van der Waals surface area contributed by atoms with E-state index in [1.807, 2.05) is 36.2 Å². The molecule has 0 unspecified atom stereocenters. The smallest absolute Gasteiger partial charge is 0.272 e. The number of nitrogens with zero attached hydrogens (tertiary/aromatic N) is 5. The Hall–Kier alpha value is -3.67. The van der Waals surface area contributed by atoms with Gasteiger partial charge in [0.2, 0.25) is 0 Å². The Labute approximate surface area is 156 Å². The fourth-order valence-electron chi connectivity index (χ4n) is 4.08. The van der Waals surface area contributed by atoms with Crippen LogP contribution < -0.4 is 5.73 Å². The van der Waals surface area contributed by atoms with E-state index in [0.717, 1.165) is 0 Å². The van der Waals surface area contributed by atoms with Crippen molar-refractivity contribution in [2.45, 2.75) is 5.92 Å². The molecule has 1 heterocycles. The van der Waals surface area contributed by atoms with Crippen molar-refractivity contribution in [2.24, 2.45) is 17.1 Å². The summed E-state index contributed by atoms with van der Waals surface area (Å²) in [7, 11) is 1.87. The van der Waals surface area contributed by atoms with Gasteiger partial charge in [0.15, 0.2) is 5.41 Å². The summed E-state index contributed by atoms with van der Waals surface area (Å²) in [6.07, 6.45) is 1.85. The largest absolute Gasteiger partial charge is 0.399 e. The Morgan fingerprint density at radius 3 is 2.56 bits per heavy atom. The molecular weight excluding hydrogens is 344 g/mol. The van der Waals surface area contributed by atoms with E-state index in [4.69, 9.17) is 5.73 Å². The molecule has 0 bridgehead atoms. The van der Waals surface area contributed by atoms with Crippen LogP contribution in [0.15, 0.2) is 47.2 Å². The van der Waals surface area contributed by atoms with Gasteiger partial charge in [0, 0.05) is 36.6 Å². The molecule has 1 aromatic carbocycles. The number of hydrogen-bond acceptors (Lipinski definition) is 7. The summed E-state index contributed by atoms with van der Waals surface area (Å²) in [6.45, 7) is 1.03. The van der Waals surface area contributed by atoms with E-state index >= 15 is 0 Å². The van der Waals surface area contributed by atoms with Crippen LogP contribution in [0.25, 0.3) is 0 Å². The molecule has 8 nitrogen and oxygen atoms in total. The van der Waals surface area contributed by atoms with Crippen molar-refractivity contribution in [3.05, 3.63) is 62.9 Å². The maximum atomic E-state index is 11.6. The molecule has 2 N–H and O–H groups in total. The van der Waals surface area contributed by atoms with Gasteiger partial charge < -0.3 is 10.6 Å². The van der Waals surface area contributed by atoms with Crippen LogP contribution >= 0.6 is 0 Å². The molecule has 1 aromatic rings. The number of rotatable bonds is 2. The third-order valence-electron chi connectivity index (χ3n) is 5.32. The van der Waals surface area contributed by atoms with Crippen molar-refractivity contribution in [1.29, 1.82) is 15.8 Å². The zero-order chi connectivity index (χ0) is 19.8. The zero-order valence-electron chi connectivity index (χ0n) is 14.6. The highest BCUT2D eigenvalue weighted by molar-refractivity contribution is 5.61. The molecule has 8 heteroatoms. The Morgan fingerprint density at radius 2 is 1.96 bits per heavy atom. The standard InChI is InChI=1S/C19H16N6O2/c1-24-7-6-12-14(8-20)18(23)19(10-21,11-22)17(15(12)9-24)13-4-2-3-5-16(13)25(26)27/h2-6,15,17H,7,9,23H2,1H3/t15-,17+/m0/s1. The van der Waals surface area contributed by atoms with Gasteiger partial charge in [-0.05, 0) is 12.6 Å². The lowest BCUT2D eigenvalue weighted by atomic mass is 9.58. The summed E-state index contributed by atoms with van der Waals surface area (Å²) < 4.78 is 0. The molecule has 0 saturated carbocycles. The molecule has 27 heavy (non-hydrogen) atoms. The van der Waals surface area contributed by atoms with Crippen LogP contribution in [0.1, 0.15) is 11.5 Å².